The van der Waals surface area contributed by atoms with E-state index in [4.69, 9.17) is 9.47 Å². The van der Waals surface area contributed by atoms with E-state index in [9.17, 15) is 0 Å². The molecule has 4 rings (SSSR count). The number of rotatable bonds is 10. The van der Waals surface area contributed by atoms with E-state index in [1.54, 1.807) is 0 Å². The molecule has 4 nitrogen and oxygen atoms in total. The minimum Gasteiger partial charge on any atom is -0.455 e. The van der Waals surface area contributed by atoms with Crippen LogP contribution < -0.4 is 20.1 Å². The van der Waals surface area contributed by atoms with Crippen LogP contribution in [0, 0.1) is 0 Å². The molecule has 164 valence electrons. The van der Waals surface area contributed by atoms with Crippen molar-refractivity contribution in [2.75, 3.05) is 23.7 Å². The van der Waals surface area contributed by atoms with Crippen LogP contribution in [-0.4, -0.2) is 13.1 Å². The summed E-state index contributed by atoms with van der Waals surface area (Å²) < 4.78 is 12.4. The first-order valence-corrected chi connectivity index (χ1v) is 11.3. The third kappa shape index (κ3) is 5.33. The first-order chi connectivity index (χ1) is 15.8. The summed E-state index contributed by atoms with van der Waals surface area (Å²) in [6, 6.07) is 28.3. The summed E-state index contributed by atoms with van der Waals surface area (Å²) in [6.07, 6.45) is 2.12. The van der Waals surface area contributed by atoms with Crippen molar-refractivity contribution in [1.82, 2.24) is 0 Å². The molecule has 0 aliphatic rings. The van der Waals surface area contributed by atoms with Crippen molar-refractivity contribution in [2.45, 2.75) is 26.7 Å². The molecule has 0 heterocycles. The predicted octanol–water partition coefficient (Wildman–Crippen LogP) is 8.07. The predicted molar refractivity (Wildman–Crippen MR) is 135 cm³/mol. The lowest BCUT2D eigenvalue weighted by Crippen LogP contribution is -2.01. The van der Waals surface area contributed by atoms with Crippen molar-refractivity contribution in [3.63, 3.8) is 0 Å². The number of benzene rings is 4. The first kappa shape index (κ1) is 21.6. The van der Waals surface area contributed by atoms with Crippen LogP contribution in [0.15, 0.2) is 84.9 Å². The average molecular weight is 427 g/mol. The minimum absolute atomic E-state index is 0.797. The molecule has 0 radical (unpaired) electrons. The zero-order valence-electron chi connectivity index (χ0n) is 18.7. The number of anilines is 2. The van der Waals surface area contributed by atoms with Crippen LogP contribution in [0.4, 0.5) is 11.4 Å². The summed E-state index contributed by atoms with van der Waals surface area (Å²) in [5.41, 5.74) is 2.01. The van der Waals surface area contributed by atoms with Gasteiger partial charge >= 0.3 is 0 Å². The van der Waals surface area contributed by atoms with E-state index in [0.29, 0.717) is 0 Å². The van der Waals surface area contributed by atoms with Crippen LogP contribution in [0.1, 0.15) is 26.7 Å². The zero-order valence-corrected chi connectivity index (χ0v) is 18.7. The summed E-state index contributed by atoms with van der Waals surface area (Å²) in [5.74, 6) is 3.24. The molecule has 0 aromatic heterocycles. The molecule has 0 spiro atoms. The third-order valence-corrected chi connectivity index (χ3v) is 5.14. The van der Waals surface area contributed by atoms with E-state index < -0.39 is 0 Å². The van der Waals surface area contributed by atoms with Gasteiger partial charge in [-0.25, -0.2) is 0 Å². The topological polar surface area (TPSA) is 42.5 Å². The van der Waals surface area contributed by atoms with Crippen LogP contribution in [-0.2, 0) is 0 Å². The summed E-state index contributed by atoms with van der Waals surface area (Å²) in [6.45, 7) is 6.12. The van der Waals surface area contributed by atoms with Crippen molar-refractivity contribution in [3.8, 4) is 23.0 Å². The fourth-order valence-corrected chi connectivity index (χ4v) is 3.51. The van der Waals surface area contributed by atoms with Gasteiger partial charge in [0.2, 0.25) is 0 Å². The lowest BCUT2D eigenvalue weighted by molar-refractivity contribution is 0.483. The van der Waals surface area contributed by atoms with Crippen LogP contribution in [0.2, 0.25) is 0 Å². The average Bonchev–Trinajstić information content (AvgIpc) is 2.83. The Morgan fingerprint density at radius 3 is 1.50 bits per heavy atom. The van der Waals surface area contributed by atoms with E-state index in [1.165, 1.54) is 0 Å². The van der Waals surface area contributed by atoms with E-state index in [1.807, 2.05) is 60.7 Å². The van der Waals surface area contributed by atoms with Gasteiger partial charge in [-0.05, 0) is 72.1 Å². The maximum absolute atomic E-state index is 6.22. The monoisotopic (exact) mass is 426 g/mol. The maximum Gasteiger partial charge on any atom is 0.150 e. The Labute approximate surface area is 190 Å². The molecule has 0 saturated carbocycles. The van der Waals surface area contributed by atoms with Gasteiger partial charge in [0, 0.05) is 13.1 Å². The third-order valence-electron chi connectivity index (χ3n) is 5.14. The first-order valence-electron chi connectivity index (χ1n) is 11.3. The fraction of sp³-hybridized carbons (Fsp3) is 0.214. The summed E-state index contributed by atoms with van der Waals surface area (Å²) in [5, 5.41) is 9.06. The highest BCUT2D eigenvalue weighted by Crippen LogP contribution is 2.34. The largest absolute Gasteiger partial charge is 0.455 e. The fourth-order valence-electron chi connectivity index (χ4n) is 3.51. The Hall–Kier alpha value is -3.66. The molecule has 0 fully saturated rings. The maximum atomic E-state index is 6.22. The highest BCUT2D eigenvalue weighted by molar-refractivity contribution is 5.85. The molecular formula is C28H30N2O2. The van der Waals surface area contributed by atoms with Gasteiger partial charge in [-0.1, -0.05) is 50.2 Å². The number of nitrogens with one attached hydrogen (secondary N) is 2. The molecule has 0 saturated heterocycles. The van der Waals surface area contributed by atoms with Gasteiger partial charge in [0.25, 0.3) is 0 Å². The Bertz CT molecular complexity index is 1080. The van der Waals surface area contributed by atoms with Gasteiger partial charge in [0.1, 0.15) is 11.5 Å². The summed E-state index contributed by atoms with van der Waals surface area (Å²) in [4.78, 5) is 0. The Morgan fingerprint density at radius 1 is 0.562 bits per heavy atom. The molecule has 0 aliphatic heterocycles. The van der Waals surface area contributed by atoms with Gasteiger partial charge in [0.05, 0.1) is 11.4 Å². The van der Waals surface area contributed by atoms with Crippen molar-refractivity contribution in [2.24, 2.45) is 0 Å². The zero-order chi connectivity index (χ0) is 22.2. The number of hydrogen-bond acceptors (Lipinski definition) is 4. The second-order valence-electron chi connectivity index (χ2n) is 7.72. The number of ether oxygens (including phenoxy) is 2. The lowest BCUT2D eigenvalue weighted by atomic mass is 10.1. The standard InChI is InChI=1S/C28H30N2O2/c1-3-17-29-25-9-5-7-11-27(25)31-23-15-13-21-14-16-24(20-22(21)19-23)32-28-12-8-6-10-26(28)30-18-4-2/h5-16,19-20,29-30H,3-4,17-18H2,1-2H3. The van der Waals surface area contributed by atoms with E-state index in [-0.39, 0.29) is 0 Å². The normalized spacial score (nSPS) is 10.7. The second kappa shape index (κ2) is 10.6. The summed E-state index contributed by atoms with van der Waals surface area (Å²) >= 11 is 0. The van der Waals surface area contributed by atoms with Crippen molar-refractivity contribution < 1.29 is 9.47 Å². The van der Waals surface area contributed by atoms with Gasteiger partial charge in [0.15, 0.2) is 11.5 Å². The molecule has 0 atom stereocenters. The second-order valence-corrected chi connectivity index (χ2v) is 7.72. The van der Waals surface area contributed by atoms with Gasteiger partial charge in [-0.2, -0.15) is 0 Å². The molecule has 2 N–H and O–H groups in total. The number of hydrogen-bond donors (Lipinski definition) is 2. The summed E-state index contributed by atoms with van der Waals surface area (Å²) in [7, 11) is 0. The van der Waals surface area contributed by atoms with Crippen molar-refractivity contribution in [1.29, 1.82) is 0 Å². The molecule has 0 aliphatic carbocycles. The molecule has 0 bridgehead atoms. The van der Waals surface area contributed by atoms with E-state index in [0.717, 1.165) is 71.1 Å². The minimum atomic E-state index is 0.797. The SMILES string of the molecule is CCCNc1ccccc1Oc1ccc2ccc(Oc3ccccc3NCCC)cc2c1. The smallest absolute Gasteiger partial charge is 0.150 e. The van der Waals surface area contributed by atoms with Gasteiger partial charge in [-0.3, -0.25) is 0 Å². The van der Waals surface area contributed by atoms with Gasteiger partial charge < -0.3 is 20.1 Å². The highest BCUT2D eigenvalue weighted by Gasteiger charge is 2.07. The lowest BCUT2D eigenvalue weighted by Gasteiger charge is -2.14. The Morgan fingerprint density at radius 2 is 1.03 bits per heavy atom. The van der Waals surface area contributed by atoms with Crippen LogP contribution in [0.25, 0.3) is 10.8 Å². The Balaban J connectivity index is 1.57. The molecule has 4 aromatic carbocycles. The van der Waals surface area contributed by atoms with Gasteiger partial charge in [-0.15, -0.1) is 0 Å². The van der Waals surface area contributed by atoms with Crippen molar-refractivity contribution in [3.05, 3.63) is 84.9 Å². The van der Waals surface area contributed by atoms with Crippen LogP contribution in [0.5, 0.6) is 23.0 Å². The number of fused-ring (bicyclic) bond motifs is 1. The van der Waals surface area contributed by atoms with E-state index in [2.05, 4.69) is 48.7 Å². The van der Waals surface area contributed by atoms with E-state index >= 15 is 0 Å². The quantitative estimate of drug-likeness (QED) is 0.269. The number of para-hydroxylation sites is 4. The molecule has 32 heavy (non-hydrogen) atoms. The molecule has 4 heteroatoms. The highest BCUT2D eigenvalue weighted by atomic mass is 16.5. The molecular weight excluding hydrogens is 396 g/mol. The van der Waals surface area contributed by atoms with Crippen LogP contribution >= 0.6 is 0 Å². The Kier molecular flexibility index (Phi) is 7.13. The van der Waals surface area contributed by atoms with Crippen molar-refractivity contribution >= 4 is 22.1 Å². The van der Waals surface area contributed by atoms with Crippen LogP contribution in [0.3, 0.4) is 0 Å². The molecule has 0 amide bonds. The molecule has 4 aromatic rings. The molecule has 0 unspecified atom stereocenters.